The number of piperidine rings is 1. The van der Waals surface area contributed by atoms with Crippen LogP contribution in [0, 0.1) is 11.3 Å². The number of piperazine rings is 1. The van der Waals surface area contributed by atoms with Crippen molar-refractivity contribution in [1.29, 1.82) is 0 Å². The Morgan fingerprint density at radius 2 is 1.80 bits per heavy atom. The Hall–Kier alpha value is -1.46. The fourth-order valence-electron chi connectivity index (χ4n) is 6.15. The summed E-state index contributed by atoms with van der Waals surface area (Å²) in [6.07, 6.45) is 5.37. The largest absolute Gasteiger partial charge is 0.500 e. The molecule has 0 saturated carbocycles. The predicted molar refractivity (Wildman–Crippen MR) is 137 cm³/mol. The number of sulfonamides is 1. The Morgan fingerprint density at radius 3 is 2.34 bits per heavy atom. The molecule has 0 spiro atoms. The molecule has 2 unspecified atom stereocenters. The van der Waals surface area contributed by atoms with Crippen molar-refractivity contribution in [2.45, 2.75) is 52.5 Å². The summed E-state index contributed by atoms with van der Waals surface area (Å²) < 4.78 is 36.1. The monoisotopic (exact) mass is 512 g/mol. The average Bonchev–Trinajstić information content (AvgIpc) is 2.82. The van der Waals surface area contributed by atoms with Crippen LogP contribution in [0.5, 0.6) is 0 Å². The molecule has 2 fully saturated rings. The summed E-state index contributed by atoms with van der Waals surface area (Å²) in [6.45, 7) is 11.6. The third-order valence-electron chi connectivity index (χ3n) is 8.40. The number of primary sulfonamides is 1. The van der Waals surface area contributed by atoms with Crippen LogP contribution < -0.4 is 5.14 Å². The summed E-state index contributed by atoms with van der Waals surface area (Å²) in [4.78, 5) is 19.8. The zero-order valence-corrected chi connectivity index (χ0v) is 22.9. The first-order valence-electron chi connectivity index (χ1n) is 12.8. The number of nitrogens with zero attached hydrogens (tertiary/aromatic N) is 3. The van der Waals surface area contributed by atoms with Crippen molar-refractivity contribution in [2.75, 3.05) is 66.6 Å². The summed E-state index contributed by atoms with van der Waals surface area (Å²) in [6, 6.07) is 0.630. The van der Waals surface area contributed by atoms with E-state index in [2.05, 4.69) is 16.8 Å². The standard InChI is InChI=1S/C25H44N4O5S/c1-6-25(20(3)24(35(26,31)32)19(2)17-22(25)33-5)9-16-34-18-23(30)29-14-12-28(13-15-29)21-7-10-27(4)11-8-21/h17,20-21H,6-16,18H2,1-5H3,(H2,26,31,32). The molecule has 0 bridgehead atoms. The van der Waals surface area contributed by atoms with E-state index in [1.54, 1.807) is 20.1 Å². The maximum absolute atomic E-state index is 12.8. The number of methoxy groups -OCH3 is 1. The highest BCUT2D eigenvalue weighted by atomic mass is 32.2. The van der Waals surface area contributed by atoms with Gasteiger partial charge in [0.25, 0.3) is 0 Å². The fourth-order valence-corrected chi connectivity index (χ4v) is 7.37. The van der Waals surface area contributed by atoms with E-state index in [1.165, 1.54) is 12.8 Å². The number of hydrogen-bond acceptors (Lipinski definition) is 7. The van der Waals surface area contributed by atoms with Crippen molar-refractivity contribution in [1.82, 2.24) is 14.7 Å². The van der Waals surface area contributed by atoms with Crippen molar-refractivity contribution < 1.29 is 22.7 Å². The molecule has 35 heavy (non-hydrogen) atoms. The van der Waals surface area contributed by atoms with Gasteiger partial charge in [0.15, 0.2) is 0 Å². The number of likely N-dealkylation sites (tertiary alicyclic amines) is 1. The summed E-state index contributed by atoms with van der Waals surface area (Å²) in [5, 5.41) is 5.55. The number of nitrogens with two attached hydrogens (primary N) is 1. The molecule has 200 valence electrons. The smallest absolute Gasteiger partial charge is 0.248 e. The van der Waals surface area contributed by atoms with Crippen molar-refractivity contribution in [3.8, 4) is 0 Å². The van der Waals surface area contributed by atoms with Gasteiger partial charge in [-0.25, -0.2) is 13.6 Å². The highest BCUT2D eigenvalue weighted by Gasteiger charge is 2.46. The highest BCUT2D eigenvalue weighted by Crippen LogP contribution is 2.50. The molecule has 0 radical (unpaired) electrons. The van der Waals surface area contributed by atoms with Crippen LogP contribution in [0.3, 0.4) is 0 Å². The van der Waals surface area contributed by atoms with E-state index in [1.807, 2.05) is 18.7 Å². The van der Waals surface area contributed by atoms with Gasteiger partial charge in [-0.2, -0.15) is 0 Å². The van der Waals surface area contributed by atoms with E-state index in [9.17, 15) is 13.2 Å². The fraction of sp³-hybridized carbons (Fsp3) is 0.800. The number of allylic oxidation sites excluding steroid dienone is 4. The molecule has 2 N–H and O–H groups in total. The summed E-state index contributed by atoms with van der Waals surface area (Å²) in [5.41, 5.74) is 0.0510. The van der Waals surface area contributed by atoms with Gasteiger partial charge in [-0.05, 0) is 64.4 Å². The van der Waals surface area contributed by atoms with Crippen LogP contribution in [-0.4, -0.2) is 102 Å². The summed E-state index contributed by atoms with van der Waals surface area (Å²) in [5.74, 6) is 0.394. The van der Waals surface area contributed by atoms with Gasteiger partial charge >= 0.3 is 0 Å². The molecule has 3 aliphatic rings. The van der Waals surface area contributed by atoms with E-state index < -0.39 is 15.4 Å². The highest BCUT2D eigenvalue weighted by molar-refractivity contribution is 7.93. The number of carbonyl (C=O) groups excluding carboxylic acids is 1. The van der Waals surface area contributed by atoms with Crippen LogP contribution in [0.15, 0.2) is 22.3 Å². The molecular formula is C25H44N4O5S. The molecule has 1 amide bonds. The SMILES string of the molecule is CCC1(CCOCC(=O)N2CCN(C3CCN(C)CC3)CC2)C(OC)=CC(C)=C(S(N)(=O)=O)C1C. The lowest BCUT2D eigenvalue weighted by atomic mass is 9.67. The van der Waals surface area contributed by atoms with E-state index >= 15 is 0 Å². The number of rotatable bonds is 9. The average molecular weight is 513 g/mol. The minimum absolute atomic E-state index is 0.0127. The van der Waals surface area contributed by atoms with Gasteiger partial charge in [-0.3, -0.25) is 9.69 Å². The van der Waals surface area contributed by atoms with Gasteiger partial charge in [0, 0.05) is 50.2 Å². The molecule has 2 heterocycles. The first-order valence-corrected chi connectivity index (χ1v) is 14.4. The maximum atomic E-state index is 12.8. The molecule has 2 aliphatic heterocycles. The molecule has 1 aliphatic carbocycles. The van der Waals surface area contributed by atoms with E-state index in [0.717, 1.165) is 45.0 Å². The minimum Gasteiger partial charge on any atom is -0.500 e. The van der Waals surface area contributed by atoms with Crippen LogP contribution in [0.1, 0.15) is 46.5 Å². The second kappa shape index (κ2) is 11.7. The van der Waals surface area contributed by atoms with Gasteiger partial charge in [0.1, 0.15) is 12.4 Å². The number of hydrogen-bond donors (Lipinski definition) is 1. The van der Waals surface area contributed by atoms with Crippen LogP contribution in [0.25, 0.3) is 0 Å². The summed E-state index contributed by atoms with van der Waals surface area (Å²) in [7, 11) is -0.0608. The molecule has 0 aromatic rings. The zero-order valence-electron chi connectivity index (χ0n) is 22.1. The van der Waals surface area contributed by atoms with Crippen molar-refractivity contribution >= 4 is 15.9 Å². The van der Waals surface area contributed by atoms with E-state index in [0.29, 0.717) is 31.1 Å². The second-order valence-electron chi connectivity index (χ2n) is 10.3. The quantitative estimate of drug-likeness (QED) is 0.470. The molecule has 10 heteroatoms. The molecule has 0 aromatic carbocycles. The van der Waals surface area contributed by atoms with E-state index in [-0.39, 0.29) is 23.3 Å². The van der Waals surface area contributed by atoms with Crippen LogP contribution in [-0.2, 0) is 24.3 Å². The Balaban J connectivity index is 1.51. The van der Waals surface area contributed by atoms with Crippen LogP contribution in [0.4, 0.5) is 0 Å². The Morgan fingerprint density at radius 1 is 1.17 bits per heavy atom. The van der Waals surface area contributed by atoms with Crippen LogP contribution in [0.2, 0.25) is 0 Å². The zero-order chi connectivity index (χ0) is 25.8. The van der Waals surface area contributed by atoms with Gasteiger partial charge in [0.2, 0.25) is 15.9 Å². The van der Waals surface area contributed by atoms with Gasteiger partial charge in [0.05, 0.1) is 12.0 Å². The molecule has 2 saturated heterocycles. The second-order valence-corrected chi connectivity index (χ2v) is 11.8. The lowest BCUT2D eigenvalue weighted by Gasteiger charge is -2.43. The molecular weight excluding hydrogens is 468 g/mol. The van der Waals surface area contributed by atoms with Crippen molar-refractivity contribution in [3.63, 3.8) is 0 Å². The third-order valence-corrected chi connectivity index (χ3v) is 9.68. The lowest BCUT2D eigenvalue weighted by Crippen LogP contribution is -2.54. The van der Waals surface area contributed by atoms with Crippen molar-refractivity contribution in [2.24, 2.45) is 16.5 Å². The first-order chi connectivity index (χ1) is 16.5. The third kappa shape index (κ3) is 6.28. The minimum atomic E-state index is -3.84. The number of ether oxygens (including phenoxy) is 2. The Bertz CT molecular complexity index is 918. The Kier molecular flexibility index (Phi) is 9.42. The van der Waals surface area contributed by atoms with Crippen molar-refractivity contribution in [3.05, 3.63) is 22.3 Å². The lowest BCUT2D eigenvalue weighted by molar-refractivity contribution is -0.138. The normalized spacial score (nSPS) is 27.8. The predicted octanol–water partition coefficient (Wildman–Crippen LogP) is 1.77. The van der Waals surface area contributed by atoms with Gasteiger partial charge < -0.3 is 19.3 Å². The summed E-state index contributed by atoms with van der Waals surface area (Å²) >= 11 is 0. The van der Waals surface area contributed by atoms with Crippen LogP contribution >= 0.6 is 0 Å². The van der Waals surface area contributed by atoms with Gasteiger partial charge in [-0.15, -0.1) is 0 Å². The number of carbonyl (C=O) groups is 1. The molecule has 3 rings (SSSR count). The topological polar surface area (TPSA) is 105 Å². The molecule has 9 nitrogen and oxygen atoms in total. The molecule has 2 atom stereocenters. The first kappa shape index (κ1) is 28.1. The maximum Gasteiger partial charge on any atom is 0.248 e. The number of amides is 1. The Labute approximate surface area is 211 Å². The van der Waals surface area contributed by atoms with Gasteiger partial charge in [-0.1, -0.05) is 13.8 Å². The molecule has 0 aromatic heterocycles. The van der Waals surface area contributed by atoms with E-state index in [4.69, 9.17) is 14.6 Å².